The molecule has 0 spiro atoms. The number of ether oxygens (including phenoxy) is 1. The number of rotatable bonds is 5. The second-order valence-corrected chi connectivity index (χ2v) is 4.55. The van der Waals surface area contributed by atoms with Gasteiger partial charge in [-0.05, 0) is 12.3 Å². The van der Waals surface area contributed by atoms with E-state index in [1.165, 1.54) is 0 Å². The zero-order valence-electron chi connectivity index (χ0n) is 10.2. The largest absolute Gasteiger partial charge is 0.381 e. The third-order valence-electron chi connectivity index (χ3n) is 3.17. The Hall–Kier alpha value is -1.36. The topological polar surface area (TPSA) is 47.4 Å². The molecule has 1 aromatic heterocycles. The Morgan fingerprint density at radius 2 is 2.53 bits per heavy atom. The standard InChI is InChI=1S/C12H19N3O2/c1-14(5-6-15-4-3-13-10-15)12(16)8-11-2-7-17-9-11/h3-4,10-11H,2,5-9H2,1H3/t11-/m0/s1. The Bertz CT molecular complexity index is 345. The van der Waals surface area contributed by atoms with Gasteiger partial charge in [0.15, 0.2) is 0 Å². The van der Waals surface area contributed by atoms with Crippen LogP contribution in [0.25, 0.3) is 0 Å². The van der Waals surface area contributed by atoms with Crippen molar-refractivity contribution in [3.8, 4) is 0 Å². The summed E-state index contributed by atoms with van der Waals surface area (Å²) < 4.78 is 7.25. The predicted molar refractivity (Wildman–Crippen MR) is 63.4 cm³/mol. The molecule has 1 aliphatic rings. The van der Waals surface area contributed by atoms with Gasteiger partial charge in [0.05, 0.1) is 6.33 Å². The maximum Gasteiger partial charge on any atom is 0.222 e. The van der Waals surface area contributed by atoms with Crippen LogP contribution in [0.2, 0.25) is 0 Å². The van der Waals surface area contributed by atoms with Crippen molar-refractivity contribution in [1.82, 2.24) is 14.5 Å². The smallest absolute Gasteiger partial charge is 0.222 e. The molecule has 2 heterocycles. The van der Waals surface area contributed by atoms with Crippen molar-refractivity contribution in [2.24, 2.45) is 5.92 Å². The van der Waals surface area contributed by atoms with Crippen molar-refractivity contribution in [3.05, 3.63) is 18.7 Å². The molecule has 5 heteroatoms. The first-order valence-corrected chi connectivity index (χ1v) is 6.03. The Morgan fingerprint density at radius 1 is 1.65 bits per heavy atom. The first-order valence-electron chi connectivity index (χ1n) is 6.03. The van der Waals surface area contributed by atoms with Crippen LogP contribution in [-0.2, 0) is 16.1 Å². The van der Waals surface area contributed by atoms with Gasteiger partial charge in [-0.3, -0.25) is 4.79 Å². The SMILES string of the molecule is CN(CCn1ccnc1)C(=O)C[C@@H]1CCOC1. The average Bonchev–Trinajstić information content (AvgIpc) is 2.98. The molecule has 0 unspecified atom stereocenters. The number of carbonyl (C=O) groups excluding carboxylic acids is 1. The molecular formula is C12H19N3O2. The van der Waals surface area contributed by atoms with Crippen LogP contribution in [0.15, 0.2) is 18.7 Å². The number of likely N-dealkylation sites (N-methyl/N-ethyl adjacent to an activating group) is 1. The van der Waals surface area contributed by atoms with E-state index in [4.69, 9.17) is 4.74 Å². The number of carbonyl (C=O) groups is 1. The van der Waals surface area contributed by atoms with Gasteiger partial charge in [-0.15, -0.1) is 0 Å². The van der Waals surface area contributed by atoms with Crippen molar-refractivity contribution >= 4 is 5.91 Å². The molecule has 0 saturated carbocycles. The fourth-order valence-corrected chi connectivity index (χ4v) is 1.96. The summed E-state index contributed by atoms with van der Waals surface area (Å²) >= 11 is 0. The molecule has 1 atom stereocenters. The minimum absolute atomic E-state index is 0.209. The quantitative estimate of drug-likeness (QED) is 0.760. The summed E-state index contributed by atoms with van der Waals surface area (Å²) in [4.78, 5) is 17.7. The molecule has 0 N–H and O–H groups in total. The van der Waals surface area contributed by atoms with Gasteiger partial charge in [-0.25, -0.2) is 4.98 Å². The van der Waals surface area contributed by atoms with Gasteiger partial charge in [0.1, 0.15) is 0 Å². The van der Waals surface area contributed by atoms with Crippen molar-refractivity contribution in [2.75, 3.05) is 26.8 Å². The van der Waals surface area contributed by atoms with Gasteiger partial charge in [0.25, 0.3) is 0 Å². The maximum absolute atomic E-state index is 11.9. The monoisotopic (exact) mass is 237 g/mol. The molecule has 0 aliphatic carbocycles. The van der Waals surface area contributed by atoms with Crippen LogP contribution in [-0.4, -0.2) is 47.2 Å². The van der Waals surface area contributed by atoms with Gasteiger partial charge in [0, 0.05) is 52.2 Å². The first-order chi connectivity index (χ1) is 8.25. The van der Waals surface area contributed by atoms with Crippen LogP contribution in [0.1, 0.15) is 12.8 Å². The summed E-state index contributed by atoms with van der Waals surface area (Å²) in [6, 6.07) is 0. The Balaban J connectivity index is 1.71. The van der Waals surface area contributed by atoms with E-state index < -0.39 is 0 Å². The predicted octanol–water partition coefficient (Wildman–Crippen LogP) is 0.768. The molecule has 94 valence electrons. The lowest BCUT2D eigenvalue weighted by molar-refractivity contribution is -0.131. The van der Waals surface area contributed by atoms with E-state index in [0.29, 0.717) is 12.3 Å². The Kier molecular flexibility index (Phi) is 4.14. The van der Waals surface area contributed by atoms with E-state index in [1.54, 1.807) is 17.4 Å². The van der Waals surface area contributed by atoms with Crippen LogP contribution in [0, 0.1) is 5.92 Å². The van der Waals surface area contributed by atoms with E-state index in [9.17, 15) is 4.79 Å². The lowest BCUT2D eigenvalue weighted by Crippen LogP contribution is -2.31. The van der Waals surface area contributed by atoms with Crippen molar-refractivity contribution < 1.29 is 9.53 Å². The van der Waals surface area contributed by atoms with Crippen LogP contribution < -0.4 is 0 Å². The van der Waals surface area contributed by atoms with Gasteiger partial charge < -0.3 is 14.2 Å². The summed E-state index contributed by atoms with van der Waals surface area (Å²) in [5.41, 5.74) is 0. The third-order valence-corrected chi connectivity index (χ3v) is 3.17. The summed E-state index contributed by atoms with van der Waals surface area (Å²) in [6.07, 6.45) is 7.05. The van der Waals surface area contributed by atoms with E-state index in [1.807, 2.05) is 17.8 Å². The first kappa shape index (κ1) is 12.1. The lowest BCUT2D eigenvalue weighted by Gasteiger charge is -2.19. The van der Waals surface area contributed by atoms with Crippen LogP contribution in [0.4, 0.5) is 0 Å². The molecule has 1 saturated heterocycles. The van der Waals surface area contributed by atoms with Gasteiger partial charge >= 0.3 is 0 Å². The molecule has 0 aromatic carbocycles. The second-order valence-electron chi connectivity index (χ2n) is 4.55. The van der Waals surface area contributed by atoms with E-state index >= 15 is 0 Å². The summed E-state index contributed by atoms with van der Waals surface area (Å²) in [5, 5.41) is 0. The number of hydrogen-bond acceptors (Lipinski definition) is 3. The average molecular weight is 237 g/mol. The Labute approximate surface area is 101 Å². The van der Waals surface area contributed by atoms with Crippen LogP contribution >= 0.6 is 0 Å². The van der Waals surface area contributed by atoms with Gasteiger partial charge in [-0.1, -0.05) is 0 Å². The highest BCUT2D eigenvalue weighted by Gasteiger charge is 2.20. The highest BCUT2D eigenvalue weighted by molar-refractivity contribution is 5.76. The second kappa shape index (κ2) is 5.82. The number of nitrogens with zero attached hydrogens (tertiary/aromatic N) is 3. The van der Waals surface area contributed by atoms with Gasteiger partial charge in [0.2, 0.25) is 5.91 Å². The summed E-state index contributed by atoms with van der Waals surface area (Å²) in [5.74, 6) is 0.624. The zero-order chi connectivity index (χ0) is 12.1. The number of aromatic nitrogens is 2. The Morgan fingerprint density at radius 3 is 3.18 bits per heavy atom. The molecule has 1 aliphatic heterocycles. The van der Waals surface area contributed by atoms with Crippen LogP contribution in [0.5, 0.6) is 0 Å². The van der Waals surface area contributed by atoms with Crippen LogP contribution in [0.3, 0.4) is 0 Å². The summed E-state index contributed by atoms with van der Waals surface area (Å²) in [6.45, 7) is 3.06. The van der Waals surface area contributed by atoms with Crippen molar-refractivity contribution in [2.45, 2.75) is 19.4 Å². The lowest BCUT2D eigenvalue weighted by atomic mass is 10.0. The number of amides is 1. The highest BCUT2D eigenvalue weighted by atomic mass is 16.5. The molecular weight excluding hydrogens is 218 g/mol. The molecule has 1 fully saturated rings. The molecule has 5 nitrogen and oxygen atoms in total. The van der Waals surface area contributed by atoms with Crippen molar-refractivity contribution in [3.63, 3.8) is 0 Å². The molecule has 0 radical (unpaired) electrons. The minimum Gasteiger partial charge on any atom is -0.381 e. The number of hydrogen-bond donors (Lipinski definition) is 0. The normalized spacial score (nSPS) is 19.5. The minimum atomic E-state index is 0.209. The summed E-state index contributed by atoms with van der Waals surface area (Å²) in [7, 11) is 1.86. The molecule has 1 amide bonds. The van der Waals surface area contributed by atoms with Gasteiger partial charge in [-0.2, -0.15) is 0 Å². The van der Waals surface area contributed by atoms with E-state index in [2.05, 4.69) is 4.98 Å². The fraction of sp³-hybridized carbons (Fsp3) is 0.667. The van der Waals surface area contributed by atoms with E-state index in [-0.39, 0.29) is 5.91 Å². The molecule has 0 bridgehead atoms. The van der Waals surface area contributed by atoms with Crippen molar-refractivity contribution in [1.29, 1.82) is 0 Å². The molecule has 1 aromatic rings. The molecule has 2 rings (SSSR count). The van der Waals surface area contributed by atoms with E-state index in [0.717, 1.165) is 32.7 Å². The number of imidazole rings is 1. The highest BCUT2D eigenvalue weighted by Crippen LogP contribution is 2.17. The molecule has 17 heavy (non-hydrogen) atoms. The third kappa shape index (κ3) is 3.56. The maximum atomic E-state index is 11.9. The fourth-order valence-electron chi connectivity index (χ4n) is 1.96. The zero-order valence-corrected chi connectivity index (χ0v) is 10.2.